The number of phenols is 1. The molecule has 0 aromatic heterocycles. The molecule has 1 aliphatic heterocycles. The first kappa shape index (κ1) is 14.4. The molecule has 2 atom stereocenters. The number of hydrogen-bond acceptors (Lipinski definition) is 3. The summed E-state index contributed by atoms with van der Waals surface area (Å²) in [5.74, 6) is -0.347. The van der Waals surface area contributed by atoms with E-state index in [4.69, 9.17) is 10.5 Å². The smallest absolute Gasteiger partial charge is 0.232 e. The molecule has 1 amide bonds. The highest BCUT2D eigenvalue weighted by Crippen LogP contribution is 2.53. The van der Waals surface area contributed by atoms with Gasteiger partial charge in [0.2, 0.25) is 5.91 Å². The number of carbonyl (C=O) groups is 1. The number of halogens is 1. The second-order valence-corrected chi connectivity index (χ2v) is 5.42. The van der Waals surface area contributed by atoms with Crippen LogP contribution in [0.25, 0.3) is 0 Å². The van der Waals surface area contributed by atoms with Crippen molar-refractivity contribution in [3.8, 4) is 11.5 Å². The molecule has 0 aliphatic carbocycles. The molecule has 22 heavy (non-hydrogen) atoms. The van der Waals surface area contributed by atoms with Crippen LogP contribution in [0.4, 0.5) is 4.39 Å². The average Bonchev–Trinajstić information content (AvgIpc) is 2.82. The van der Waals surface area contributed by atoms with Crippen LogP contribution in [-0.2, 0) is 10.2 Å². The highest BCUT2D eigenvalue weighted by atomic mass is 19.1. The molecule has 2 aromatic rings. The molecule has 0 saturated carbocycles. The Bertz CT molecular complexity index is 729. The Morgan fingerprint density at radius 3 is 2.59 bits per heavy atom. The Kier molecular flexibility index (Phi) is 3.28. The zero-order valence-electron chi connectivity index (χ0n) is 12.0. The number of primary amides is 1. The van der Waals surface area contributed by atoms with Crippen LogP contribution in [0.5, 0.6) is 11.5 Å². The van der Waals surface area contributed by atoms with Gasteiger partial charge in [-0.2, -0.15) is 0 Å². The second kappa shape index (κ2) is 5.02. The van der Waals surface area contributed by atoms with Gasteiger partial charge in [-0.05, 0) is 42.3 Å². The number of fused-ring (bicyclic) bond motifs is 1. The Hall–Kier alpha value is -2.56. The normalized spacial score (nSPS) is 22.9. The number of ether oxygens (including phenoxy) is 1. The summed E-state index contributed by atoms with van der Waals surface area (Å²) in [7, 11) is 0. The van der Waals surface area contributed by atoms with Crippen molar-refractivity contribution in [2.75, 3.05) is 0 Å². The maximum Gasteiger partial charge on any atom is 0.232 e. The topological polar surface area (TPSA) is 72.6 Å². The summed E-state index contributed by atoms with van der Waals surface area (Å²) in [5, 5.41) is 9.74. The van der Waals surface area contributed by atoms with Gasteiger partial charge in [0.1, 0.15) is 28.8 Å². The fraction of sp³-hybridized carbons (Fsp3) is 0.235. The lowest BCUT2D eigenvalue weighted by atomic mass is 9.72. The molecule has 3 rings (SSSR count). The summed E-state index contributed by atoms with van der Waals surface area (Å²) in [4.78, 5) is 12.3. The van der Waals surface area contributed by atoms with E-state index in [-0.39, 0.29) is 11.6 Å². The van der Waals surface area contributed by atoms with E-state index < -0.39 is 17.4 Å². The lowest BCUT2D eigenvalue weighted by Gasteiger charge is -2.30. The molecule has 0 saturated heterocycles. The maximum atomic E-state index is 13.2. The van der Waals surface area contributed by atoms with Crippen molar-refractivity contribution < 1.29 is 19.0 Å². The molecule has 2 unspecified atom stereocenters. The third kappa shape index (κ3) is 1.93. The zero-order valence-corrected chi connectivity index (χ0v) is 12.0. The van der Waals surface area contributed by atoms with Gasteiger partial charge >= 0.3 is 0 Å². The molecular weight excluding hydrogens is 285 g/mol. The van der Waals surface area contributed by atoms with E-state index in [0.717, 1.165) is 0 Å². The standard InChI is InChI=1S/C17H16FNO3/c1-2-17(16(19)21)13-9-12(20)7-8-14(13)22-15(17)10-3-5-11(18)6-4-10/h3-9,15,20H,2H2,1H3,(H2,19,21). The lowest BCUT2D eigenvalue weighted by molar-refractivity contribution is -0.126. The third-order valence-corrected chi connectivity index (χ3v) is 4.31. The predicted molar refractivity (Wildman–Crippen MR) is 79.0 cm³/mol. The molecule has 2 aromatic carbocycles. The number of carbonyl (C=O) groups excluding carboxylic acids is 1. The lowest BCUT2D eigenvalue weighted by Crippen LogP contribution is -2.44. The van der Waals surface area contributed by atoms with Crippen molar-refractivity contribution in [1.82, 2.24) is 0 Å². The fourth-order valence-corrected chi connectivity index (χ4v) is 3.14. The van der Waals surface area contributed by atoms with Crippen LogP contribution < -0.4 is 10.5 Å². The van der Waals surface area contributed by atoms with E-state index in [1.807, 2.05) is 6.92 Å². The highest BCUT2D eigenvalue weighted by Gasteiger charge is 2.53. The van der Waals surface area contributed by atoms with Gasteiger partial charge in [0.15, 0.2) is 0 Å². The minimum atomic E-state index is -1.09. The third-order valence-electron chi connectivity index (χ3n) is 4.31. The summed E-state index contributed by atoms with van der Waals surface area (Å²) in [6.45, 7) is 1.84. The van der Waals surface area contributed by atoms with Gasteiger partial charge in [-0.15, -0.1) is 0 Å². The van der Waals surface area contributed by atoms with Crippen molar-refractivity contribution in [1.29, 1.82) is 0 Å². The van der Waals surface area contributed by atoms with Gasteiger partial charge in [-0.3, -0.25) is 4.79 Å². The van der Waals surface area contributed by atoms with Crippen molar-refractivity contribution in [2.24, 2.45) is 5.73 Å². The Morgan fingerprint density at radius 1 is 1.32 bits per heavy atom. The van der Waals surface area contributed by atoms with E-state index in [2.05, 4.69) is 0 Å². The highest BCUT2D eigenvalue weighted by molar-refractivity contribution is 5.90. The number of amides is 1. The molecule has 3 N–H and O–H groups in total. The molecule has 4 nitrogen and oxygen atoms in total. The van der Waals surface area contributed by atoms with Crippen molar-refractivity contribution in [3.63, 3.8) is 0 Å². The predicted octanol–water partition coefficient (Wildman–Crippen LogP) is 2.80. The molecule has 0 fully saturated rings. The molecule has 114 valence electrons. The molecular formula is C17H16FNO3. The van der Waals surface area contributed by atoms with Crippen LogP contribution in [0.15, 0.2) is 42.5 Å². The van der Waals surface area contributed by atoms with Gasteiger partial charge in [0, 0.05) is 5.56 Å². The number of phenolic OH excluding ortho intramolecular Hbond substituents is 1. The first-order valence-corrected chi connectivity index (χ1v) is 7.04. The zero-order chi connectivity index (χ0) is 15.9. The van der Waals surface area contributed by atoms with Gasteiger partial charge in [0.25, 0.3) is 0 Å². The molecule has 1 heterocycles. The first-order chi connectivity index (χ1) is 10.5. The van der Waals surface area contributed by atoms with Crippen LogP contribution in [-0.4, -0.2) is 11.0 Å². The largest absolute Gasteiger partial charge is 0.508 e. The number of benzene rings is 2. The van der Waals surface area contributed by atoms with Crippen LogP contribution in [0.3, 0.4) is 0 Å². The van der Waals surface area contributed by atoms with E-state index >= 15 is 0 Å². The average molecular weight is 301 g/mol. The monoisotopic (exact) mass is 301 g/mol. The van der Waals surface area contributed by atoms with Crippen molar-refractivity contribution in [3.05, 3.63) is 59.4 Å². The van der Waals surface area contributed by atoms with Crippen LogP contribution in [0.1, 0.15) is 30.6 Å². The molecule has 0 spiro atoms. The number of rotatable bonds is 3. The van der Waals surface area contributed by atoms with Gasteiger partial charge in [0.05, 0.1) is 0 Å². The first-order valence-electron chi connectivity index (χ1n) is 7.04. The summed E-state index contributed by atoms with van der Waals surface area (Å²) in [6.07, 6.45) is -0.242. The van der Waals surface area contributed by atoms with E-state index in [1.165, 1.54) is 24.3 Å². The Balaban J connectivity index is 2.19. The van der Waals surface area contributed by atoms with E-state index in [0.29, 0.717) is 23.3 Å². The number of hydrogen-bond donors (Lipinski definition) is 2. The quantitative estimate of drug-likeness (QED) is 0.915. The molecule has 0 radical (unpaired) electrons. The summed E-state index contributed by atoms with van der Waals surface area (Å²) in [5.41, 5.74) is 5.83. The van der Waals surface area contributed by atoms with E-state index in [1.54, 1.807) is 18.2 Å². The minimum absolute atomic E-state index is 0.0428. The van der Waals surface area contributed by atoms with Gasteiger partial charge in [-0.25, -0.2) is 4.39 Å². The van der Waals surface area contributed by atoms with E-state index in [9.17, 15) is 14.3 Å². The van der Waals surface area contributed by atoms with Gasteiger partial charge < -0.3 is 15.6 Å². The second-order valence-electron chi connectivity index (χ2n) is 5.42. The fourth-order valence-electron chi connectivity index (χ4n) is 3.14. The summed E-state index contributed by atoms with van der Waals surface area (Å²) < 4.78 is 19.1. The Labute approximate surface area is 127 Å². The number of nitrogens with two attached hydrogens (primary N) is 1. The number of aromatic hydroxyl groups is 1. The maximum absolute atomic E-state index is 13.2. The molecule has 1 aliphatic rings. The summed E-state index contributed by atoms with van der Waals surface area (Å²) in [6, 6.07) is 10.4. The van der Waals surface area contributed by atoms with Gasteiger partial charge in [-0.1, -0.05) is 19.1 Å². The minimum Gasteiger partial charge on any atom is -0.508 e. The Morgan fingerprint density at radius 2 is 2.00 bits per heavy atom. The SMILES string of the molecule is CCC1(C(N)=O)c2cc(O)ccc2OC1c1ccc(F)cc1. The van der Waals surface area contributed by atoms with Crippen molar-refractivity contribution >= 4 is 5.91 Å². The molecule has 0 bridgehead atoms. The van der Waals surface area contributed by atoms with Crippen LogP contribution in [0.2, 0.25) is 0 Å². The summed E-state index contributed by atoms with van der Waals surface area (Å²) >= 11 is 0. The van der Waals surface area contributed by atoms with Crippen LogP contribution >= 0.6 is 0 Å². The van der Waals surface area contributed by atoms with Crippen LogP contribution in [0, 0.1) is 5.82 Å². The van der Waals surface area contributed by atoms with Crippen molar-refractivity contribution in [2.45, 2.75) is 24.9 Å². The molecule has 5 heteroatoms.